The number of nitrogens with one attached hydrogen (secondary N) is 1. The summed E-state index contributed by atoms with van der Waals surface area (Å²) in [6, 6.07) is 9.12. The maximum atomic E-state index is 13.4. The van der Waals surface area contributed by atoms with Crippen LogP contribution < -0.4 is 14.8 Å². The van der Waals surface area contributed by atoms with E-state index in [1.54, 1.807) is 57.2 Å². The average molecular weight is 405 g/mol. The SMILES string of the molecule is COc1cccc(OC)c1C(=O)N1CCC[C@@H]1c1ccc(Nc2cnccn2)cn1. The molecule has 2 aromatic heterocycles. The summed E-state index contributed by atoms with van der Waals surface area (Å²) in [5.74, 6) is 1.53. The zero-order valence-corrected chi connectivity index (χ0v) is 16.9. The van der Waals surface area contributed by atoms with Gasteiger partial charge in [-0.1, -0.05) is 6.07 Å². The number of likely N-dealkylation sites (tertiary alicyclic amines) is 1. The lowest BCUT2D eigenvalue weighted by atomic mass is 10.1. The summed E-state index contributed by atoms with van der Waals surface area (Å²) in [7, 11) is 3.11. The molecule has 1 aliphatic rings. The van der Waals surface area contributed by atoms with Gasteiger partial charge in [-0.05, 0) is 37.1 Å². The molecule has 30 heavy (non-hydrogen) atoms. The second-order valence-corrected chi connectivity index (χ2v) is 6.88. The second-order valence-electron chi connectivity index (χ2n) is 6.88. The molecule has 154 valence electrons. The molecule has 0 unspecified atom stereocenters. The van der Waals surface area contributed by atoms with E-state index in [-0.39, 0.29) is 11.9 Å². The second kappa shape index (κ2) is 8.77. The first-order chi connectivity index (χ1) is 14.7. The van der Waals surface area contributed by atoms with E-state index < -0.39 is 0 Å². The number of carbonyl (C=O) groups is 1. The summed E-state index contributed by atoms with van der Waals surface area (Å²) in [5.41, 5.74) is 2.09. The Morgan fingerprint density at radius 1 is 1.07 bits per heavy atom. The highest BCUT2D eigenvalue weighted by molar-refractivity contribution is 6.00. The first kappa shape index (κ1) is 19.6. The number of hydrogen-bond acceptors (Lipinski definition) is 7. The Kier molecular flexibility index (Phi) is 5.74. The number of ether oxygens (including phenoxy) is 2. The van der Waals surface area contributed by atoms with Gasteiger partial charge in [-0.3, -0.25) is 14.8 Å². The highest BCUT2D eigenvalue weighted by Gasteiger charge is 2.34. The van der Waals surface area contributed by atoms with E-state index in [4.69, 9.17) is 9.47 Å². The molecule has 3 aromatic rings. The Bertz CT molecular complexity index is 989. The van der Waals surface area contributed by atoms with Crippen LogP contribution in [0.2, 0.25) is 0 Å². The van der Waals surface area contributed by atoms with Crippen LogP contribution in [-0.2, 0) is 0 Å². The smallest absolute Gasteiger partial charge is 0.261 e. The molecular weight excluding hydrogens is 382 g/mol. The van der Waals surface area contributed by atoms with Crippen molar-refractivity contribution in [2.75, 3.05) is 26.1 Å². The van der Waals surface area contributed by atoms with Crippen LogP contribution >= 0.6 is 0 Å². The van der Waals surface area contributed by atoms with Crippen molar-refractivity contribution in [1.82, 2.24) is 19.9 Å². The molecule has 8 heteroatoms. The minimum atomic E-state index is -0.115. The summed E-state index contributed by atoms with van der Waals surface area (Å²) in [4.78, 5) is 28.1. The number of anilines is 2. The summed E-state index contributed by atoms with van der Waals surface area (Å²) in [6.07, 6.45) is 8.40. The Morgan fingerprint density at radius 2 is 1.87 bits per heavy atom. The molecule has 1 saturated heterocycles. The van der Waals surface area contributed by atoms with Crippen molar-refractivity contribution in [1.29, 1.82) is 0 Å². The van der Waals surface area contributed by atoms with Crippen molar-refractivity contribution >= 4 is 17.4 Å². The van der Waals surface area contributed by atoms with Gasteiger partial charge in [0.2, 0.25) is 0 Å². The first-order valence-electron chi connectivity index (χ1n) is 9.72. The fraction of sp³-hybridized carbons (Fsp3) is 0.273. The molecule has 8 nitrogen and oxygen atoms in total. The number of nitrogens with zero attached hydrogens (tertiary/aromatic N) is 4. The molecular formula is C22H23N5O3. The number of rotatable bonds is 6. The predicted molar refractivity (Wildman–Crippen MR) is 112 cm³/mol. The van der Waals surface area contributed by atoms with Crippen LogP contribution in [0.15, 0.2) is 55.1 Å². The van der Waals surface area contributed by atoms with Gasteiger partial charge >= 0.3 is 0 Å². The van der Waals surface area contributed by atoms with Crippen LogP contribution in [0.3, 0.4) is 0 Å². The number of aromatic nitrogens is 3. The van der Waals surface area contributed by atoms with E-state index in [0.717, 1.165) is 24.2 Å². The fourth-order valence-electron chi connectivity index (χ4n) is 3.71. The molecule has 0 bridgehead atoms. The van der Waals surface area contributed by atoms with Crippen molar-refractivity contribution in [3.8, 4) is 11.5 Å². The molecule has 1 N–H and O–H groups in total. The van der Waals surface area contributed by atoms with Crippen LogP contribution in [0, 0.1) is 0 Å². The maximum Gasteiger partial charge on any atom is 0.261 e. The Labute approximate surface area is 174 Å². The topological polar surface area (TPSA) is 89.5 Å². The molecule has 0 spiro atoms. The van der Waals surface area contributed by atoms with Crippen LogP contribution in [0.5, 0.6) is 11.5 Å². The van der Waals surface area contributed by atoms with Crippen molar-refractivity contribution in [3.63, 3.8) is 0 Å². The zero-order chi connectivity index (χ0) is 20.9. The highest BCUT2D eigenvalue weighted by Crippen LogP contribution is 2.37. The molecule has 1 aliphatic heterocycles. The van der Waals surface area contributed by atoms with Crippen molar-refractivity contribution in [3.05, 3.63) is 66.4 Å². The predicted octanol–water partition coefficient (Wildman–Crippen LogP) is 3.61. The minimum Gasteiger partial charge on any atom is -0.496 e. The van der Waals surface area contributed by atoms with Gasteiger partial charge in [0.05, 0.1) is 44.0 Å². The van der Waals surface area contributed by atoms with E-state index in [0.29, 0.717) is 29.4 Å². The normalized spacial score (nSPS) is 15.7. The number of pyridine rings is 1. The third kappa shape index (κ3) is 3.89. The maximum absolute atomic E-state index is 13.4. The average Bonchev–Trinajstić information content (AvgIpc) is 3.29. The third-order valence-corrected chi connectivity index (χ3v) is 5.12. The van der Waals surface area contributed by atoms with Gasteiger partial charge in [-0.15, -0.1) is 0 Å². The van der Waals surface area contributed by atoms with Crippen LogP contribution in [0.1, 0.15) is 34.9 Å². The van der Waals surface area contributed by atoms with E-state index in [2.05, 4.69) is 20.3 Å². The van der Waals surface area contributed by atoms with Gasteiger partial charge in [-0.25, -0.2) is 4.98 Å². The zero-order valence-electron chi connectivity index (χ0n) is 16.9. The van der Waals surface area contributed by atoms with Gasteiger partial charge < -0.3 is 19.7 Å². The van der Waals surface area contributed by atoms with Gasteiger partial charge in [0.25, 0.3) is 5.91 Å². The fourth-order valence-corrected chi connectivity index (χ4v) is 3.71. The monoisotopic (exact) mass is 405 g/mol. The molecule has 0 aliphatic carbocycles. The van der Waals surface area contributed by atoms with E-state index in [1.165, 1.54) is 0 Å². The summed E-state index contributed by atoms with van der Waals surface area (Å²) < 4.78 is 10.8. The lowest BCUT2D eigenvalue weighted by molar-refractivity contribution is 0.0726. The first-order valence-corrected chi connectivity index (χ1v) is 9.72. The summed E-state index contributed by atoms with van der Waals surface area (Å²) in [5, 5.41) is 3.16. The molecule has 1 fully saturated rings. The number of benzene rings is 1. The number of hydrogen-bond donors (Lipinski definition) is 1. The van der Waals surface area contributed by atoms with Gasteiger partial charge in [0.1, 0.15) is 22.9 Å². The molecule has 0 saturated carbocycles. The van der Waals surface area contributed by atoms with Crippen molar-refractivity contribution < 1.29 is 14.3 Å². The number of amides is 1. The van der Waals surface area contributed by atoms with E-state index in [1.807, 2.05) is 17.0 Å². The summed E-state index contributed by atoms with van der Waals surface area (Å²) in [6.45, 7) is 0.659. The minimum absolute atomic E-state index is 0.0994. The number of methoxy groups -OCH3 is 2. The van der Waals surface area contributed by atoms with Crippen molar-refractivity contribution in [2.45, 2.75) is 18.9 Å². The lowest BCUT2D eigenvalue weighted by Gasteiger charge is -2.26. The Morgan fingerprint density at radius 3 is 2.50 bits per heavy atom. The summed E-state index contributed by atoms with van der Waals surface area (Å²) >= 11 is 0. The van der Waals surface area contributed by atoms with Crippen molar-refractivity contribution in [2.24, 2.45) is 0 Å². The quantitative estimate of drug-likeness (QED) is 0.670. The van der Waals surface area contributed by atoms with Gasteiger partial charge in [-0.2, -0.15) is 0 Å². The molecule has 1 amide bonds. The third-order valence-electron chi connectivity index (χ3n) is 5.12. The van der Waals surface area contributed by atoms with Crippen LogP contribution in [0.4, 0.5) is 11.5 Å². The molecule has 1 aromatic carbocycles. The lowest BCUT2D eigenvalue weighted by Crippen LogP contribution is -2.31. The molecule has 0 radical (unpaired) electrons. The highest BCUT2D eigenvalue weighted by atomic mass is 16.5. The van der Waals surface area contributed by atoms with Crippen LogP contribution in [-0.4, -0.2) is 46.5 Å². The van der Waals surface area contributed by atoms with E-state index in [9.17, 15) is 4.79 Å². The standard InChI is InChI=1S/C22H23N5O3/c1-29-18-6-3-7-19(30-2)21(18)22(28)27-12-4-5-17(27)16-9-8-15(13-25-16)26-20-14-23-10-11-24-20/h3,6-11,13-14,17H,4-5,12H2,1-2H3,(H,24,26)/t17-/m1/s1. The number of carbonyl (C=O) groups excluding carboxylic acids is 1. The molecule has 4 rings (SSSR count). The van der Waals surface area contributed by atoms with Crippen LogP contribution in [0.25, 0.3) is 0 Å². The molecule has 1 atom stereocenters. The largest absolute Gasteiger partial charge is 0.496 e. The van der Waals surface area contributed by atoms with Gasteiger partial charge in [0.15, 0.2) is 0 Å². The Balaban J connectivity index is 1.56. The van der Waals surface area contributed by atoms with Gasteiger partial charge in [0, 0.05) is 18.9 Å². The molecule has 3 heterocycles. The van der Waals surface area contributed by atoms with E-state index >= 15 is 0 Å². The Hall–Kier alpha value is -3.68.